The zero-order valence-corrected chi connectivity index (χ0v) is 18.6. The summed E-state index contributed by atoms with van der Waals surface area (Å²) >= 11 is 0. The standard InChI is InChI=1S/C24H34N4O2/c1-5-27(6-2)17-20-7-10-22(11-8-20)24(29)26-14-21-9-12-23(25-13-21)28-15-18(3)30-19(4)16-28/h7-13,18-19H,5-6,14-17H2,1-4H3,(H,26,29). The predicted octanol–water partition coefficient (Wildman–Crippen LogP) is 3.47. The minimum absolute atomic E-state index is 0.0655. The number of amides is 1. The van der Waals surface area contributed by atoms with Crippen molar-refractivity contribution in [3.05, 3.63) is 59.3 Å². The van der Waals surface area contributed by atoms with Gasteiger partial charge >= 0.3 is 0 Å². The van der Waals surface area contributed by atoms with E-state index in [0.717, 1.165) is 44.1 Å². The van der Waals surface area contributed by atoms with Gasteiger partial charge in [-0.2, -0.15) is 0 Å². The van der Waals surface area contributed by atoms with Crippen LogP contribution in [-0.4, -0.2) is 54.2 Å². The number of carbonyl (C=O) groups is 1. The normalized spacial score (nSPS) is 19.2. The van der Waals surface area contributed by atoms with E-state index in [-0.39, 0.29) is 18.1 Å². The van der Waals surface area contributed by atoms with Crippen LogP contribution in [0.5, 0.6) is 0 Å². The van der Waals surface area contributed by atoms with Crippen LogP contribution in [0.3, 0.4) is 0 Å². The number of pyridine rings is 1. The van der Waals surface area contributed by atoms with Crippen LogP contribution < -0.4 is 10.2 Å². The number of carbonyl (C=O) groups excluding carboxylic acids is 1. The molecule has 1 aliphatic rings. The number of nitrogens with zero attached hydrogens (tertiary/aromatic N) is 3. The van der Waals surface area contributed by atoms with E-state index in [4.69, 9.17) is 4.74 Å². The first-order valence-electron chi connectivity index (χ1n) is 10.9. The van der Waals surface area contributed by atoms with E-state index in [9.17, 15) is 4.79 Å². The van der Waals surface area contributed by atoms with Crippen molar-refractivity contribution in [2.24, 2.45) is 0 Å². The molecule has 0 saturated carbocycles. The summed E-state index contributed by atoms with van der Waals surface area (Å²) in [6.07, 6.45) is 2.24. The Morgan fingerprint density at radius 1 is 1.07 bits per heavy atom. The monoisotopic (exact) mass is 410 g/mol. The van der Waals surface area contributed by atoms with Gasteiger partial charge in [-0.15, -0.1) is 0 Å². The summed E-state index contributed by atoms with van der Waals surface area (Å²) < 4.78 is 5.79. The van der Waals surface area contributed by atoms with Crippen LogP contribution in [0.4, 0.5) is 5.82 Å². The second-order valence-electron chi connectivity index (χ2n) is 8.03. The molecule has 1 aromatic carbocycles. The maximum absolute atomic E-state index is 12.5. The summed E-state index contributed by atoms with van der Waals surface area (Å²) in [5, 5.41) is 2.99. The van der Waals surface area contributed by atoms with Gasteiger partial charge in [0.05, 0.1) is 12.2 Å². The molecule has 0 bridgehead atoms. The summed E-state index contributed by atoms with van der Waals surface area (Å²) in [5.41, 5.74) is 2.89. The third kappa shape index (κ3) is 6.03. The van der Waals surface area contributed by atoms with Crippen molar-refractivity contribution >= 4 is 11.7 Å². The smallest absolute Gasteiger partial charge is 0.251 e. The number of ether oxygens (including phenoxy) is 1. The fraction of sp³-hybridized carbons (Fsp3) is 0.500. The summed E-state index contributed by atoms with van der Waals surface area (Å²) in [6.45, 7) is 13.6. The van der Waals surface area contributed by atoms with Crippen LogP contribution >= 0.6 is 0 Å². The highest BCUT2D eigenvalue weighted by molar-refractivity contribution is 5.94. The van der Waals surface area contributed by atoms with Gasteiger partial charge in [-0.25, -0.2) is 4.98 Å². The van der Waals surface area contributed by atoms with Gasteiger partial charge in [0.15, 0.2) is 0 Å². The Bertz CT molecular complexity index is 793. The lowest BCUT2D eigenvalue weighted by Gasteiger charge is -2.36. The molecule has 0 radical (unpaired) electrons. The number of nitrogens with one attached hydrogen (secondary N) is 1. The van der Waals surface area contributed by atoms with Crippen LogP contribution in [0.15, 0.2) is 42.6 Å². The van der Waals surface area contributed by atoms with Gasteiger partial charge in [-0.3, -0.25) is 9.69 Å². The molecule has 6 nitrogen and oxygen atoms in total. The zero-order valence-electron chi connectivity index (χ0n) is 18.6. The van der Waals surface area contributed by atoms with Gasteiger partial charge in [0.1, 0.15) is 5.82 Å². The molecule has 0 aliphatic carbocycles. The largest absolute Gasteiger partial charge is 0.372 e. The van der Waals surface area contributed by atoms with Gasteiger partial charge in [0, 0.05) is 37.9 Å². The average Bonchev–Trinajstić information content (AvgIpc) is 2.76. The molecule has 1 aliphatic heterocycles. The molecule has 1 aromatic heterocycles. The van der Waals surface area contributed by atoms with Crippen molar-refractivity contribution in [3.8, 4) is 0 Å². The number of benzene rings is 1. The summed E-state index contributed by atoms with van der Waals surface area (Å²) in [6, 6.07) is 11.9. The Morgan fingerprint density at radius 2 is 1.70 bits per heavy atom. The second kappa shape index (κ2) is 10.5. The molecule has 2 heterocycles. The Balaban J connectivity index is 1.52. The lowest BCUT2D eigenvalue weighted by Crippen LogP contribution is -2.45. The van der Waals surface area contributed by atoms with Gasteiger partial charge < -0.3 is 15.0 Å². The van der Waals surface area contributed by atoms with Crippen LogP contribution in [0.2, 0.25) is 0 Å². The van der Waals surface area contributed by atoms with Crippen molar-refractivity contribution in [1.29, 1.82) is 0 Å². The van der Waals surface area contributed by atoms with Crippen molar-refractivity contribution in [3.63, 3.8) is 0 Å². The number of aromatic nitrogens is 1. The van der Waals surface area contributed by atoms with Crippen LogP contribution in [0.25, 0.3) is 0 Å². The van der Waals surface area contributed by atoms with E-state index < -0.39 is 0 Å². The number of hydrogen-bond donors (Lipinski definition) is 1. The van der Waals surface area contributed by atoms with Crippen molar-refractivity contribution in [1.82, 2.24) is 15.2 Å². The number of rotatable bonds is 8. The molecule has 162 valence electrons. The van der Waals surface area contributed by atoms with Crippen molar-refractivity contribution < 1.29 is 9.53 Å². The molecule has 2 unspecified atom stereocenters. The predicted molar refractivity (Wildman–Crippen MR) is 121 cm³/mol. The number of hydrogen-bond acceptors (Lipinski definition) is 5. The fourth-order valence-electron chi connectivity index (χ4n) is 3.82. The van der Waals surface area contributed by atoms with Gasteiger partial charge in [0.2, 0.25) is 0 Å². The highest BCUT2D eigenvalue weighted by Gasteiger charge is 2.23. The molecular formula is C24H34N4O2. The molecule has 1 saturated heterocycles. The van der Waals surface area contributed by atoms with E-state index >= 15 is 0 Å². The van der Waals surface area contributed by atoms with Crippen molar-refractivity contribution in [2.75, 3.05) is 31.1 Å². The van der Waals surface area contributed by atoms with Gasteiger partial charge in [-0.05, 0) is 56.3 Å². The molecular weight excluding hydrogens is 376 g/mol. The SMILES string of the molecule is CCN(CC)Cc1ccc(C(=O)NCc2ccc(N3CC(C)OC(C)C3)nc2)cc1. The zero-order chi connectivity index (χ0) is 21.5. The Labute approximate surface area is 180 Å². The molecule has 3 rings (SSSR count). The van der Waals surface area contributed by atoms with Gasteiger partial charge in [-0.1, -0.05) is 32.0 Å². The quantitative estimate of drug-likeness (QED) is 0.722. The van der Waals surface area contributed by atoms with Crippen LogP contribution in [-0.2, 0) is 17.8 Å². The Morgan fingerprint density at radius 3 is 2.27 bits per heavy atom. The first kappa shape index (κ1) is 22.2. The maximum Gasteiger partial charge on any atom is 0.251 e. The molecule has 2 atom stereocenters. The summed E-state index contributed by atoms with van der Waals surface area (Å²) in [5.74, 6) is 0.889. The summed E-state index contributed by atoms with van der Waals surface area (Å²) in [4.78, 5) is 21.7. The summed E-state index contributed by atoms with van der Waals surface area (Å²) in [7, 11) is 0. The van der Waals surface area contributed by atoms with E-state index in [1.807, 2.05) is 42.6 Å². The molecule has 1 amide bonds. The second-order valence-corrected chi connectivity index (χ2v) is 8.03. The molecule has 0 spiro atoms. The van der Waals surface area contributed by atoms with E-state index in [1.54, 1.807) is 0 Å². The Hall–Kier alpha value is -2.44. The van der Waals surface area contributed by atoms with Crippen LogP contribution in [0, 0.1) is 0 Å². The van der Waals surface area contributed by atoms with E-state index in [2.05, 4.69) is 47.8 Å². The topological polar surface area (TPSA) is 57.7 Å². The maximum atomic E-state index is 12.5. The van der Waals surface area contributed by atoms with E-state index in [0.29, 0.717) is 12.1 Å². The number of morpholine rings is 1. The molecule has 30 heavy (non-hydrogen) atoms. The minimum Gasteiger partial charge on any atom is -0.372 e. The fourth-order valence-corrected chi connectivity index (χ4v) is 3.82. The van der Waals surface area contributed by atoms with Gasteiger partial charge in [0.25, 0.3) is 5.91 Å². The minimum atomic E-state index is -0.0655. The number of anilines is 1. The molecule has 1 fully saturated rings. The first-order chi connectivity index (χ1) is 14.5. The third-order valence-electron chi connectivity index (χ3n) is 5.52. The average molecular weight is 411 g/mol. The Kier molecular flexibility index (Phi) is 7.82. The third-order valence-corrected chi connectivity index (χ3v) is 5.52. The lowest BCUT2D eigenvalue weighted by molar-refractivity contribution is -0.00546. The highest BCUT2D eigenvalue weighted by Crippen LogP contribution is 2.18. The van der Waals surface area contributed by atoms with Crippen molar-refractivity contribution in [2.45, 2.75) is 53.0 Å². The first-order valence-corrected chi connectivity index (χ1v) is 10.9. The molecule has 1 N–H and O–H groups in total. The van der Waals surface area contributed by atoms with E-state index in [1.165, 1.54) is 5.56 Å². The molecule has 2 aromatic rings. The molecule has 6 heteroatoms. The van der Waals surface area contributed by atoms with Crippen LogP contribution in [0.1, 0.15) is 49.2 Å². The lowest BCUT2D eigenvalue weighted by atomic mass is 10.1. The highest BCUT2D eigenvalue weighted by atomic mass is 16.5.